The van der Waals surface area contributed by atoms with Crippen molar-refractivity contribution in [2.45, 2.75) is 70.9 Å². The second kappa shape index (κ2) is 12.6. The van der Waals surface area contributed by atoms with Crippen molar-refractivity contribution in [1.29, 1.82) is 0 Å². The zero-order valence-electron chi connectivity index (χ0n) is 31.2. The van der Waals surface area contributed by atoms with Crippen molar-refractivity contribution < 1.29 is 0 Å². The van der Waals surface area contributed by atoms with Gasteiger partial charge in [0.05, 0.1) is 0 Å². The normalized spacial score (nSPS) is 17.2. The van der Waals surface area contributed by atoms with Crippen LogP contribution in [0.2, 0.25) is 0 Å². The number of nitrogens with zero attached hydrogens (tertiary/aromatic N) is 3. The molecular formula is C48H44N4S. The Morgan fingerprint density at radius 3 is 2.09 bits per heavy atom. The summed E-state index contributed by atoms with van der Waals surface area (Å²) in [6.07, 6.45) is 2.58. The van der Waals surface area contributed by atoms with Gasteiger partial charge in [0.2, 0.25) is 0 Å². The van der Waals surface area contributed by atoms with E-state index in [0.29, 0.717) is 5.84 Å². The van der Waals surface area contributed by atoms with Crippen LogP contribution in [0.1, 0.15) is 98.3 Å². The SMILES string of the molecule is CC(C)(C)c1ccc2c(c1)-c1cc(C(C)(C)C)ccc1C(c1ccc3sc4ccnc(C5=NC(c6ccccc6)NC(c6ccccc6)=N5)c4c3c1)C2. The molecule has 0 spiro atoms. The van der Waals surface area contributed by atoms with Crippen molar-refractivity contribution in [3.63, 3.8) is 0 Å². The first-order chi connectivity index (χ1) is 25.5. The third kappa shape index (κ3) is 6.07. The van der Waals surface area contributed by atoms with E-state index in [4.69, 9.17) is 15.0 Å². The molecule has 2 atom stereocenters. The van der Waals surface area contributed by atoms with E-state index >= 15 is 0 Å². The molecule has 0 bridgehead atoms. The second-order valence-corrected chi connectivity index (χ2v) is 17.6. The Morgan fingerprint density at radius 1 is 0.660 bits per heavy atom. The maximum Gasteiger partial charge on any atom is 0.178 e. The van der Waals surface area contributed by atoms with Crippen LogP contribution < -0.4 is 5.32 Å². The number of hydrogen-bond donors (Lipinski definition) is 1. The Morgan fingerprint density at radius 2 is 1.36 bits per heavy atom. The third-order valence-corrected chi connectivity index (χ3v) is 12.0. The number of thiophene rings is 1. The van der Waals surface area contributed by atoms with Crippen LogP contribution in [-0.4, -0.2) is 16.7 Å². The van der Waals surface area contributed by atoms with Crippen LogP contribution >= 0.6 is 11.3 Å². The maximum absolute atomic E-state index is 5.21. The first kappa shape index (κ1) is 33.4. The van der Waals surface area contributed by atoms with Gasteiger partial charge in [0, 0.05) is 37.9 Å². The Balaban J connectivity index is 1.20. The Labute approximate surface area is 316 Å². The van der Waals surface area contributed by atoms with Crippen LogP contribution in [0, 0.1) is 0 Å². The summed E-state index contributed by atoms with van der Waals surface area (Å²) >= 11 is 1.81. The molecule has 0 fully saturated rings. The van der Waals surface area contributed by atoms with E-state index in [0.717, 1.165) is 34.5 Å². The predicted octanol–water partition coefficient (Wildman–Crippen LogP) is 11.9. The van der Waals surface area contributed by atoms with Crippen LogP contribution in [0.5, 0.6) is 0 Å². The lowest BCUT2D eigenvalue weighted by Crippen LogP contribution is -2.33. The molecule has 53 heavy (non-hydrogen) atoms. The first-order valence-electron chi connectivity index (χ1n) is 18.6. The molecule has 2 aliphatic rings. The molecule has 1 aliphatic heterocycles. The van der Waals surface area contributed by atoms with Gasteiger partial charge < -0.3 is 5.32 Å². The van der Waals surface area contributed by atoms with Crippen molar-refractivity contribution >= 4 is 43.2 Å². The fraction of sp³-hybridized carbons (Fsp3) is 0.229. The van der Waals surface area contributed by atoms with Gasteiger partial charge in [-0.3, -0.25) is 4.98 Å². The summed E-state index contributed by atoms with van der Waals surface area (Å²) in [6, 6.07) is 44.3. The maximum atomic E-state index is 5.21. The minimum atomic E-state index is -0.285. The van der Waals surface area contributed by atoms with E-state index in [-0.39, 0.29) is 22.9 Å². The summed E-state index contributed by atoms with van der Waals surface area (Å²) in [4.78, 5) is 15.4. The number of aromatic nitrogens is 1. The number of pyridine rings is 1. The molecule has 3 heterocycles. The van der Waals surface area contributed by atoms with Gasteiger partial charge in [-0.1, -0.05) is 145 Å². The summed E-state index contributed by atoms with van der Waals surface area (Å²) < 4.78 is 2.43. The number of fused-ring (bicyclic) bond motifs is 6. The molecule has 2 unspecified atom stereocenters. The predicted molar refractivity (Wildman–Crippen MR) is 224 cm³/mol. The summed E-state index contributed by atoms with van der Waals surface area (Å²) in [7, 11) is 0. The summed E-state index contributed by atoms with van der Waals surface area (Å²) in [5.74, 6) is 1.67. The van der Waals surface area contributed by atoms with Crippen LogP contribution in [0.4, 0.5) is 0 Å². The van der Waals surface area contributed by atoms with E-state index in [1.165, 1.54) is 53.7 Å². The molecule has 0 radical (unpaired) electrons. The van der Waals surface area contributed by atoms with Gasteiger partial charge >= 0.3 is 0 Å². The highest BCUT2D eigenvalue weighted by atomic mass is 32.1. The van der Waals surface area contributed by atoms with Gasteiger partial charge in [-0.15, -0.1) is 11.3 Å². The molecule has 0 amide bonds. The lowest BCUT2D eigenvalue weighted by atomic mass is 9.72. The summed E-state index contributed by atoms with van der Waals surface area (Å²) in [6.45, 7) is 13.9. The smallest absolute Gasteiger partial charge is 0.178 e. The Hall–Kier alpha value is -5.39. The topological polar surface area (TPSA) is 49.6 Å². The van der Waals surface area contributed by atoms with Crippen molar-refractivity contribution in [2.75, 3.05) is 0 Å². The van der Waals surface area contributed by atoms with Crippen LogP contribution in [0.3, 0.4) is 0 Å². The van der Waals surface area contributed by atoms with Crippen molar-refractivity contribution in [1.82, 2.24) is 10.3 Å². The molecule has 4 nitrogen and oxygen atoms in total. The van der Waals surface area contributed by atoms with Gasteiger partial charge in [0.15, 0.2) is 5.84 Å². The monoisotopic (exact) mass is 708 g/mol. The van der Waals surface area contributed by atoms with Crippen molar-refractivity contribution in [3.8, 4) is 11.1 Å². The molecule has 1 N–H and O–H groups in total. The fourth-order valence-electron chi connectivity index (χ4n) is 7.89. The molecular weight excluding hydrogens is 665 g/mol. The molecule has 2 aromatic heterocycles. The summed E-state index contributed by atoms with van der Waals surface area (Å²) in [5.41, 5.74) is 12.7. The number of benzene rings is 5. The average Bonchev–Trinajstić information content (AvgIpc) is 3.55. The Kier molecular flexibility index (Phi) is 7.97. The Bertz CT molecular complexity index is 2580. The highest BCUT2D eigenvalue weighted by Crippen LogP contribution is 2.47. The lowest BCUT2D eigenvalue weighted by Gasteiger charge is -2.32. The van der Waals surface area contributed by atoms with Gasteiger partial charge in [-0.25, -0.2) is 9.98 Å². The van der Waals surface area contributed by atoms with Gasteiger partial charge in [0.25, 0.3) is 0 Å². The quantitative estimate of drug-likeness (QED) is 0.198. The van der Waals surface area contributed by atoms with E-state index in [9.17, 15) is 0 Å². The average molecular weight is 709 g/mol. The molecule has 262 valence electrons. The van der Waals surface area contributed by atoms with Crippen LogP contribution in [0.15, 0.2) is 138 Å². The first-order valence-corrected chi connectivity index (χ1v) is 19.5. The molecule has 1 aliphatic carbocycles. The molecule has 5 heteroatoms. The van der Waals surface area contributed by atoms with Crippen molar-refractivity contribution in [2.24, 2.45) is 9.98 Å². The third-order valence-electron chi connectivity index (χ3n) is 10.9. The summed E-state index contributed by atoms with van der Waals surface area (Å²) in [5, 5.41) is 5.92. The molecule has 9 rings (SSSR count). The molecule has 0 saturated heterocycles. The molecule has 7 aromatic rings. The van der Waals surface area contributed by atoms with E-state index < -0.39 is 0 Å². The van der Waals surface area contributed by atoms with E-state index in [2.05, 4.69) is 144 Å². The number of aliphatic imine (C=N–C) groups is 2. The van der Waals surface area contributed by atoms with Crippen LogP contribution in [0.25, 0.3) is 31.3 Å². The highest BCUT2D eigenvalue weighted by molar-refractivity contribution is 7.25. The second-order valence-electron chi connectivity index (χ2n) is 16.6. The minimum Gasteiger partial charge on any atom is -0.344 e. The number of amidine groups is 2. The van der Waals surface area contributed by atoms with Gasteiger partial charge in [-0.05, 0) is 80.0 Å². The minimum absolute atomic E-state index is 0.0570. The largest absolute Gasteiger partial charge is 0.344 e. The van der Waals surface area contributed by atoms with E-state index in [1.807, 2.05) is 41.8 Å². The van der Waals surface area contributed by atoms with Crippen LogP contribution in [-0.2, 0) is 17.3 Å². The standard InChI is InChI=1S/C48H44N4S/c1-47(2,3)33-19-17-31-25-36(35-21-20-34(48(4,5)6)28-38(35)37(31)27-33)32-18-22-40-39(26-32)42-41(53-40)23-24-49-43(42)46-51-44(29-13-9-7-10-14-29)50-45(52-46)30-15-11-8-12-16-30/h7-24,26-28,36,44H,25H2,1-6H3,(H,50,51,52). The molecule has 5 aromatic carbocycles. The highest BCUT2D eigenvalue weighted by Gasteiger charge is 2.30. The van der Waals surface area contributed by atoms with Gasteiger partial charge in [0.1, 0.15) is 17.7 Å². The van der Waals surface area contributed by atoms with E-state index in [1.54, 1.807) is 0 Å². The number of hydrogen-bond acceptors (Lipinski definition) is 5. The zero-order chi connectivity index (χ0) is 36.5. The zero-order valence-corrected chi connectivity index (χ0v) is 32.1. The number of nitrogens with one attached hydrogen (secondary N) is 1. The number of rotatable bonds is 4. The van der Waals surface area contributed by atoms with Gasteiger partial charge in [-0.2, -0.15) is 0 Å². The van der Waals surface area contributed by atoms with Crippen molar-refractivity contribution in [3.05, 3.63) is 172 Å². The molecule has 0 saturated carbocycles. The lowest BCUT2D eigenvalue weighted by molar-refractivity contribution is 0.588. The fourth-order valence-corrected chi connectivity index (χ4v) is 8.97.